The van der Waals surface area contributed by atoms with Gasteiger partial charge in [0, 0.05) is 10.1 Å². The van der Waals surface area contributed by atoms with Crippen LogP contribution in [0, 0.1) is 9.39 Å². The minimum absolute atomic E-state index is 0.220. The average Bonchev–Trinajstić information content (AvgIpc) is 2.82. The third kappa shape index (κ3) is 3.73. The second kappa shape index (κ2) is 6.47. The van der Waals surface area contributed by atoms with Crippen LogP contribution in [0.2, 0.25) is 0 Å². The molecule has 1 aliphatic rings. The molecule has 25 heavy (non-hydrogen) atoms. The number of alkyl halides is 3. The molecule has 8 heteroatoms. The normalized spacial score (nSPS) is 15.3. The summed E-state index contributed by atoms with van der Waals surface area (Å²) in [6.07, 6.45) is -4.75. The van der Waals surface area contributed by atoms with Gasteiger partial charge in [-0.25, -0.2) is 4.39 Å². The number of fused-ring (bicyclic) bond motifs is 1. The Morgan fingerprint density at radius 2 is 1.84 bits per heavy atom. The molecule has 0 N–H and O–H groups in total. The van der Waals surface area contributed by atoms with Gasteiger partial charge >= 0.3 is 6.36 Å². The molecule has 132 valence electrons. The maximum absolute atomic E-state index is 13.5. The lowest BCUT2D eigenvalue weighted by Crippen LogP contribution is -2.27. The van der Waals surface area contributed by atoms with E-state index in [9.17, 15) is 22.4 Å². The first-order chi connectivity index (χ1) is 11.7. The van der Waals surface area contributed by atoms with Crippen molar-refractivity contribution in [2.24, 2.45) is 0 Å². The molecule has 1 atom stereocenters. The second-order valence-corrected chi connectivity index (χ2v) is 6.81. The van der Waals surface area contributed by atoms with E-state index in [0.29, 0.717) is 20.3 Å². The van der Waals surface area contributed by atoms with Crippen molar-refractivity contribution in [3.8, 4) is 5.75 Å². The number of hydrogen-bond donors (Lipinski definition) is 0. The van der Waals surface area contributed by atoms with Crippen molar-refractivity contribution in [1.82, 2.24) is 4.90 Å². The first-order valence-corrected chi connectivity index (χ1v) is 8.38. The van der Waals surface area contributed by atoms with Crippen molar-refractivity contribution in [1.29, 1.82) is 0 Å². The Hall–Kier alpha value is -1.84. The lowest BCUT2D eigenvalue weighted by molar-refractivity contribution is -0.274. The van der Waals surface area contributed by atoms with Crippen LogP contribution in [-0.2, 0) is 6.54 Å². The van der Waals surface area contributed by atoms with Crippen LogP contribution < -0.4 is 4.74 Å². The molecule has 0 fully saturated rings. The van der Waals surface area contributed by atoms with Crippen LogP contribution in [0.25, 0.3) is 0 Å². The largest absolute Gasteiger partial charge is 0.573 e. The number of amides is 1. The van der Waals surface area contributed by atoms with Crippen LogP contribution in [0.15, 0.2) is 36.4 Å². The topological polar surface area (TPSA) is 29.5 Å². The Morgan fingerprint density at radius 1 is 1.20 bits per heavy atom. The predicted octanol–water partition coefficient (Wildman–Crippen LogP) is 5.05. The molecule has 2 aromatic rings. The van der Waals surface area contributed by atoms with Crippen LogP contribution in [0.3, 0.4) is 0 Å². The van der Waals surface area contributed by atoms with E-state index < -0.39 is 12.2 Å². The Bertz CT molecular complexity index is 821. The molecule has 3 nitrogen and oxygen atoms in total. The second-order valence-electron chi connectivity index (χ2n) is 5.65. The summed E-state index contributed by atoms with van der Waals surface area (Å²) in [5.74, 6) is -0.947. The van der Waals surface area contributed by atoms with Gasteiger partial charge in [0.15, 0.2) is 0 Å². The van der Waals surface area contributed by atoms with E-state index in [1.165, 1.54) is 36.4 Å². The monoisotopic (exact) mass is 465 g/mol. The summed E-state index contributed by atoms with van der Waals surface area (Å²) in [4.78, 5) is 14.2. The summed E-state index contributed by atoms with van der Waals surface area (Å²) in [7, 11) is 0. The molecule has 0 saturated heterocycles. The number of hydrogen-bond acceptors (Lipinski definition) is 2. The van der Waals surface area contributed by atoms with Crippen LogP contribution in [0.5, 0.6) is 5.75 Å². The van der Waals surface area contributed by atoms with E-state index in [4.69, 9.17) is 0 Å². The zero-order chi connectivity index (χ0) is 18.4. The Balaban J connectivity index is 1.81. The van der Waals surface area contributed by atoms with Gasteiger partial charge in [0.25, 0.3) is 5.91 Å². The standard InChI is InChI=1S/C17H12F4INO2/c1-9(10-2-4-13(5-3-10)25-17(19,20)21)23-8-11-6-12(18)7-14(22)15(11)16(23)24/h2-7,9H,8H2,1H3. The summed E-state index contributed by atoms with van der Waals surface area (Å²) >= 11 is 1.92. The van der Waals surface area contributed by atoms with Gasteiger partial charge in [-0.3, -0.25) is 4.79 Å². The van der Waals surface area contributed by atoms with Crippen LogP contribution >= 0.6 is 22.6 Å². The molecule has 3 rings (SSSR count). The minimum atomic E-state index is -4.75. The van der Waals surface area contributed by atoms with E-state index in [-0.39, 0.29) is 24.2 Å². The van der Waals surface area contributed by atoms with Gasteiger partial charge < -0.3 is 9.64 Å². The number of ether oxygens (including phenoxy) is 1. The molecule has 0 radical (unpaired) electrons. The third-order valence-electron chi connectivity index (χ3n) is 4.02. The number of rotatable bonds is 3. The zero-order valence-electron chi connectivity index (χ0n) is 12.9. The van der Waals surface area contributed by atoms with E-state index in [2.05, 4.69) is 4.74 Å². The summed E-state index contributed by atoms with van der Waals surface area (Å²) in [5, 5.41) is 0. The smallest absolute Gasteiger partial charge is 0.406 e. The van der Waals surface area contributed by atoms with E-state index in [1.54, 1.807) is 11.8 Å². The molecule has 1 amide bonds. The van der Waals surface area contributed by atoms with Crippen LogP contribution in [-0.4, -0.2) is 17.2 Å². The maximum Gasteiger partial charge on any atom is 0.573 e. The average molecular weight is 465 g/mol. The first kappa shape index (κ1) is 18.0. The highest BCUT2D eigenvalue weighted by atomic mass is 127. The molecule has 2 aromatic carbocycles. The number of benzene rings is 2. The zero-order valence-corrected chi connectivity index (χ0v) is 15.1. The summed E-state index contributed by atoms with van der Waals surface area (Å²) in [6.45, 7) is 2.02. The number of halogens is 5. The lowest BCUT2D eigenvalue weighted by atomic mass is 10.1. The third-order valence-corrected chi connectivity index (χ3v) is 4.87. The van der Waals surface area contributed by atoms with Gasteiger partial charge in [-0.1, -0.05) is 12.1 Å². The minimum Gasteiger partial charge on any atom is -0.406 e. The van der Waals surface area contributed by atoms with E-state index in [1.807, 2.05) is 22.6 Å². The van der Waals surface area contributed by atoms with Gasteiger partial charge in [-0.2, -0.15) is 0 Å². The summed E-state index contributed by atoms with van der Waals surface area (Å²) < 4.78 is 54.6. The van der Waals surface area contributed by atoms with Gasteiger partial charge in [0.1, 0.15) is 11.6 Å². The Morgan fingerprint density at radius 3 is 2.44 bits per heavy atom. The van der Waals surface area contributed by atoms with Crippen molar-refractivity contribution in [2.75, 3.05) is 0 Å². The van der Waals surface area contributed by atoms with Crippen LogP contribution in [0.4, 0.5) is 17.6 Å². The maximum atomic E-state index is 13.5. The lowest BCUT2D eigenvalue weighted by Gasteiger charge is -2.25. The molecule has 0 aromatic heterocycles. The molecule has 1 heterocycles. The van der Waals surface area contributed by atoms with E-state index in [0.717, 1.165) is 0 Å². The fourth-order valence-electron chi connectivity index (χ4n) is 2.83. The SMILES string of the molecule is CC(c1ccc(OC(F)(F)F)cc1)N1Cc2cc(F)cc(I)c2C1=O. The number of nitrogens with zero attached hydrogens (tertiary/aromatic N) is 1. The summed E-state index contributed by atoms with van der Waals surface area (Å²) in [6, 6.07) is 7.63. The summed E-state index contributed by atoms with van der Waals surface area (Å²) in [5.41, 5.74) is 1.75. The van der Waals surface area contributed by atoms with Gasteiger partial charge in [-0.15, -0.1) is 13.2 Å². The van der Waals surface area contributed by atoms with Crippen molar-refractivity contribution >= 4 is 28.5 Å². The molecule has 0 bridgehead atoms. The molecular weight excluding hydrogens is 453 g/mol. The van der Waals surface area contributed by atoms with Crippen molar-refractivity contribution in [2.45, 2.75) is 25.9 Å². The van der Waals surface area contributed by atoms with Crippen molar-refractivity contribution in [3.63, 3.8) is 0 Å². The van der Waals surface area contributed by atoms with Crippen molar-refractivity contribution < 1.29 is 27.1 Å². The highest BCUT2D eigenvalue weighted by molar-refractivity contribution is 14.1. The highest BCUT2D eigenvalue weighted by Gasteiger charge is 2.34. The fraction of sp³-hybridized carbons (Fsp3) is 0.235. The van der Waals surface area contributed by atoms with Gasteiger partial charge in [0.2, 0.25) is 0 Å². The first-order valence-electron chi connectivity index (χ1n) is 7.30. The molecule has 0 aliphatic carbocycles. The van der Waals surface area contributed by atoms with E-state index >= 15 is 0 Å². The van der Waals surface area contributed by atoms with Gasteiger partial charge in [-0.05, 0) is 64.9 Å². The molecule has 0 saturated carbocycles. The number of carbonyl (C=O) groups excluding carboxylic acids is 1. The fourth-order valence-corrected chi connectivity index (χ4v) is 3.71. The Kier molecular flexibility index (Phi) is 4.65. The molecule has 1 aliphatic heterocycles. The van der Waals surface area contributed by atoms with Gasteiger partial charge in [0.05, 0.1) is 11.6 Å². The van der Waals surface area contributed by atoms with Crippen LogP contribution in [0.1, 0.15) is 34.5 Å². The molecular formula is C17H12F4INO2. The number of carbonyl (C=O) groups is 1. The molecule has 0 spiro atoms. The highest BCUT2D eigenvalue weighted by Crippen LogP contribution is 2.34. The predicted molar refractivity (Wildman–Crippen MR) is 90.5 cm³/mol. The Labute approximate surface area is 154 Å². The molecule has 1 unspecified atom stereocenters. The van der Waals surface area contributed by atoms with Crippen molar-refractivity contribution in [3.05, 3.63) is 62.5 Å². The quantitative estimate of drug-likeness (QED) is 0.470.